The molecule has 2 aromatic heterocycles. The summed E-state index contributed by atoms with van der Waals surface area (Å²) in [5.41, 5.74) is 0.0212. The van der Waals surface area contributed by atoms with Gasteiger partial charge in [-0.3, -0.25) is 9.59 Å². The minimum absolute atomic E-state index is 0.0469. The number of halogens is 4. The number of benzene rings is 5. The third kappa shape index (κ3) is 9.33. The van der Waals surface area contributed by atoms with Crippen LogP contribution in [0.5, 0.6) is 0 Å². The number of hydrogen-bond acceptors (Lipinski definition) is 8. The zero-order valence-corrected chi connectivity index (χ0v) is 33.5. The second-order valence-corrected chi connectivity index (χ2v) is 15.2. The third-order valence-corrected chi connectivity index (χ3v) is 10.9. The lowest BCUT2D eigenvalue weighted by Crippen LogP contribution is -2.32. The fraction of sp³-hybridized carbons (Fsp3) is 0.156. The first-order valence-corrected chi connectivity index (χ1v) is 20.1. The lowest BCUT2D eigenvalue weighted by atomic mass is 9.94. The van der Waals surface area contributed by atoms with E-state index in [1.54, 1.807) is 80.6 Å². The van der Waals surface area contributed by atoms with Crippen molar-refractivity contribution in [3.63, 3.8) is 0 Å². The van der Waals surface area contributed by atoms with Crippen LogP contribution in [0.15, 0.2) is 136 Å². The van der Waals surface area contributed by atoms with Crippen molar-refractivity contribution in [3.8, 4) is 44.5 Å². The number of ether oxygens (including phenoxy) is 1. The lowest BCUT2D eigenvalue weighted by molar-refractivity contribution is 0.109. The summed E-state index contributed by atoms with van der Waals surface area (Å²) in [6.45, 7) is 8.80. The molecule has 7 aromatic rings. The van der Waals surface area contributed by atoms with Crippen molar-refractivity contribution in [2.45, 2.75) is 25.7 Å². The van der Waals surface area contributed by atoms with Gasteiger partial charge in [0.15, 0.2) is 0 Å². The topological polar surface area (TPSA) is 136 Å². The average Bonchev–Trinajstić information content (AvgIpc) is 3.25. The first kappa shape index (κ1) is 43.0. The van der Waals surface area contributed by atoms with Gasteiger partial charge in [-0.1, -0.05) is 90.5 Å². The fourth-order valence-electron chi connectivity index (χ4n) is 6.50. The van der Waals surface area contributed by atoms with Gasteiger partial charge in [0.05, 0.1) is 51.8 Å². The molecule has 308 valence electrons. The molecule has 60 heavy (non-hydrogen) atoms. The average molecular weight is 838 g/mol. The van der Waals surface area contributed by atoms with Crippen LogP contribution in [0.4, 0.5) is 17.6 Å². The number of rotatable bonds is 6. The Hall–Kier alpha value is -6.55. The van der Waals surface area contributed by atoms with Crippen molar-refractivity contribution in [2.24, 2.45) is 0 Å². The van der Waals surface area contributed by atoms with Gasteiger partial charge >= 0.3 is 0 Å². The van der Waals surface area contributed by atoms with Crippen LogP contribution >= 0.6 is 0 Å². The van der Waals surface area contributed by atoms with Gasteiger partial charge in [0.1, 0.15) is 23.3 Å². The Kier molecular flexibility index (Phi) is 13.6. The number of aromatic nitrogens is 4. The Balaban J connectivity index is 0.000000185. The quantitative estimate of drug-likeness (QED) is 0.161. The number of H-pyrrole nitrogens is 1. The van der Waals surface area contributed by atoms with Crippen LogP contribution in [-0.4, -0.2) is 54.1 Å². The zero-order chi connectivity index (χ0) is 43.0. The van der Waals surface area contributed by atoms with Crippen LogP contribution in [-0.2, 0) is 14.8 Å². The van der Waals surface area contributed by atoms with E-state index < -0.39 is 55.5 Å². The smallest absolute Gasteiger partial charge is 0.290 e. The number of nitrogens with zero attached hydrogens (tertiary/aromatic N) is 3. The lowest BCUT2D eigenvalue weighted by Gasteiger charge is -2.16. The number of nitrogens with one attached hydrogen (secondary N) is 2. The van der Waals surface area contributed by atoms with Crippen molar-refractivity contribution >= 4 is 10.0 Å². The number of hydrogen-bond donors (Lipinski definition) is 2. The minimum atomic E-state index is -4.42. The molecular formula is C45H39F4N5O5S. The van der Waals surface area contributed by atoms with Crippen molar-refractivity contribution < 1.29 is 30.7 Å². The van der Waals surface area contributed by atoms with Crippen LogP contribution < -0.4 is 16.4 Å². The van der Waals surface area contributed by atoms with Crippen molar-refractivity contribution in [2.75, 3.05) is 26.3 Å². The highest BCUT2D eigenvalue weighted by Crippen LogP contribution is 2.36. The van der Waals surface area contributed by atoms with Crippen molar-refractivity contribution in [3.05, 3.63) is 182 Å². The maximum atomic E-state index is 14.8. The van der Waals surface area contributed by atoms with Gasteiger partial charge in [-0.25, -0.2) is 22.7 Å². The molecule has 0 bridgehead atoms. The first-order chi connectivity index (χ1) is 28.8. The molecule has 0 amide bonds. The van der Waals surface area contributed by atoms with E-state index in [0.717, 1.165) is 56.1 Å². The highest BCUT2D eigenvalue weighted by atomic mass is 32.2. The molecule has 3 heterocycles. The Morgan fingerprint density at radius 2 is 1.03 bits per heavy atom. The molecule has 0 saturated carbocycles. The Morgan fingerprint density at radius 3 is 1.48 bits per heavy atom. The molecule has 15 heteroatoms. The van der Waals surface area contributed by atoms with E-state index in [4.69, 9.17) is 4.74 Å². The molecule has 1 aliphatic rings. The molecule has 1 aliphatic heterocycles. The molecule has 0 unspecified atom stereocenters. The molecule has 8 rings (SSSR count). The standard InChI is InChI=1S/C24H18F2N2O3S.C17H12F2N2O.C4H9NO/c1-15-11-13-18(14-12-15)32(30,31)28-24(29)23(22-19(25)9-6-10-20(22)26)21(16(2)27-28)17-7-4-3-5-8-17;1-10-14(11-6-3-2-4-7-11)16(17(22)21-20-10)15-12(18)8-5-9-13(15)19;1-3-6-4-2-5-1/h3-14H,1-2H3;2-9H,1H3,(H,21,22);5H,1-4H2. The van der Waals surface area contributed by atoms with E-state index in [-0.39, 0.29) is 27.3 Å². The minimum Gasteiger partial charge on any atom is -0.379 e. The third-order valence-electron chi connectivity index (χ3n) is 9.35. The second kappa shape index (κ2) is 19.0. The maximum Gasteiger partial charge on any atom is 0.290 e. The van der Waals surface area contributed by atoms with Crippen molar-refractivity contribution in [1.29, 1.82) is 0 Å². The van der Waals surface area contributed by atoms with E-state index in [9.17, 15) is 35.6 Å². The van der Waals surface area contributed by atoms with E-state index in [2.05, 4.69) is 20.6 Å². The molecular weight excluding hydrogens is 799 g/mol. The van der Waals surface area contributed by atoms with Crippen molar-refractivity contribution in [1.82, 2.24) is 24.7 Å². The predicted octanol–water partition coefficient (Wildman–Crippen LogP) is 8.01. The van der Waals surface area contributed by atoms with Crippen LogP contribution in [0, 0.1) is 44.0 Å². The molecule has 0 spiro atoms. The Bertz CT molecular complexity index is 2800. The largest absolute Gasteiger partial charge is 0.379 e. The van der Waals surface area contributed by atoms with E-state index in [1.165, 1.54) is 31.2 Å². The zero-order valence-electron chi connectivity index (χ0n) is 32.7. The van der Waals surface area contributed by atoms with Crippen LogP contribution in [0.1, 0.15) is 17.0 Å². The second-order valence-electron chi connectivity index (χ2n) is 13.5. The monoisotopic (exact) mass is 837 g/mol. The summed E-state index contributed by atoms with van der Waals surface area (Å²) < 4.78 is 89.6. The summed E-state index contributed by atoms with van der Waals surface area (Å²) in [7, 11) is -4.42. The highest BCUT2D eigenvalue weighted by molar-refractivity contribution is 7.89. The van der Waals surface area contributed by atoms with Gasteiger partial charge in [-0.2, -0.15) is 18.6 Å². The molecule has 5 aromatic carbocycles. The number of aromatic amines is 1. The van der Waals surface area contributed by atoms with Gasteiger partial charge in [0.2, 0.25) is 0 Å². The highest BCUT2D eigenvalue weighted by Gasteiger charge is 2.29. The molecule has 0 atom stereocenters. The predicted molar refractivity (Wildman–Crippen MR) is 222 cm³/mol. The van der Waals surface area contributed by atoms with Crippen LogP contribution in [0.25, 0.3) is 44.5 Å². The van der Waals surface area contributed by atoms with Gasteiger partial charge in [-0.05, 0) is 68.3 Å². The maximum absolute atomic E-state index is 14.8. The molecule has 1 saturated heterocycles. The van der Waals surface area contributed by atoms with Gasteiger partial charge in [0.25, 0.3) is 21.1 Å². The molecule has 0 aliphatic carbocycles. The molecule has 1 fully saturated rings. The normalized spacial score (nSPS) is 12.4. The van der Waals surface area contributed by atoms with Gasteiger partial charge in [0, 0.05) is 24.2 Å². The van der Waals surface area contributed by atoms with E-state index >= 15 is 0 Å². The molecule has 10 nitrogen and oxygen atoms in total. The first-order valence-electron chi connectivity index (χ1n) is 18.6. The van der Waals surface area contributed by atoms with Crippen LogP contribution in [0.3, 0.4) is 0 Å². The number of morpholine rings is 1. The van der Waals surface area contributed by atoms with E-state index in [0.29, 0.717) is 26.5 Å². The summed E-state index contributed by atoms with van der Waals surface area (Å²) in [6, 6.07) is 30.0. The molecule has 2 N–H and O–H groups in total. The van der Waals surface area contributed by atoms with Crippen LogP contribution in [0.2, 0.25) is 0 Å². The summed E-state index contributed by atoms with van der Waals surface area (Å²) in [4.78, 5) is 25.6. The van der Waals surface area contributed by atoms with E-state index in [1.807, 2.05) is 6.07 Å². The van der Waals surface area contributed by atoms with Gasteiger partial charge < -0.3 is 10.1 Å². The summed E-state index contributed by atoms with van der Waals surface area (Å²) in [6.07, 6.45) is 0. The fourth-order valence-corrected chi connectivity index (χ4v) is 7.72. The number of aryl methyl sites for hydroxylation is 3. The summed E-state index contributed by atoms with van der Waals surface area (Å²) >= 11 is 0. The SMILES string of the molecule is C1COCCN1.Cc1ccc(S(=O)(=O)n2nc(C)c(-c3ccccc3)c(-c3c(F)cccc3F)c2=O)cc1.Cc1n[nH]c(=O)c(-c2c(F)cccc2F)c1-c1ccccc1. The summed E-state index contributed by atoms with van der Waals surface area (Å²) in [5, 5.41) is 13.4. The van der Waals surface area contributed by atoms with Gasteiger partial charge in [-0.15, -0.1) is 4.09 Å². The summed E-state index contributed by atoms with van der Waals surface area (Å²) in [5.74, 6) is -3.53. The Morgan fingerprint density at radius 1 is 0.567 bits per heavy atom. The molecule has 0 radical (unpaired) electrons. The Labute approximate surface area is 343 Å².